The first kappa shape index (κ1) is 18.7. The maximum absolute atomic E-state index is 13.1. The van der Waals surface area contributed by atoms with Gasteiger partial charge in [0.2, 0.25) is 5.91 Å². The quantitative estimate of drug-likeness (QED) is 0.860. The second kappa shape index (κ2) is 7.11. The molecule has 0 bridgehead atoms. The number of rotatable bonds is 4. The van der Waals surface area contributed by atoms with Crippen molar-refractivity contribution < 1.29 is 23.0 Å². The van der Waals surface area contributed by atoms with Crippen molar-refractivity contribution in [1.82, 2.24) is 10.6 Å². The number of hydrogen-bond donors (Lipinski definition) is 2. The first-order valence-electron chi connectivity index (χ1n) is 7.63. The molecule has 5 nitrogen and oxygen atoms in total. The Bertz CT molecular complexity index is 628. The highest BCUT2D eigenvalue weighted by atomic mass is 35.5. The van der Waals surface area contributed by atoms with Crippen LogP contribution in [-0.2, 0) is 17.8 Å². The summed E-state index contributed by atoms with van der Waals surface area (Å²) in [6.45, 7) is 1.73. The summed E-state index contributed by atoms with van der Waals surface area (Å²) in [5.74, 6) is -1.81. The van der Waals surface area contributed by atoms with Gasteiger partial charge in [-0.1, -0.05) is 0 Å². The zero-order valence-corrected chi connectivity index (χ0v) is 14.3. The Labute approximate surface area is 145 Å². The summed E-state index contributed by atoms with van der Waals surface area (Å²) in [6, 6.07) is 2.89. The number of nitrogens with one attached hydrogen (secondary N) is 2. The average molecular weight is 363 g/mol. The van der Waals surface area contributed by atoms with Crippen LogP contribution < -0.4 is 20.1 Å². The summed E-state index contributed by atoms with van der Waals surface area (Å²) < 4.78 is 37.3. The van der Waals surface area contributed by atoms with E-state index in [-0.39, 0.29) is 25.1 Å². The van der Waals surface area contributed by atoms with Gasteiger partial charge in [0.25, 0.3) is 5.92 Å². The lowest BCUT2D eigenvalue weighted by molar-refractivity contribution is -0.123. The molecule has 2 unspecified atom stereocenters. The highest BCUT2D eigenvalue weighted by Crippen LogP contribution is 2.35. The van der Waals surface area contributed by atoms with Gasteiger partial charge < -0.3 is 14.8 Å². The number of carbonyl (C=O) groups is 1. The molecule has 0 spiro atoms. The molecule has 0 aromatic heterocycles. The van der Waals surface area contributed by atoms with E-state index in [1.165, 1.54) is 0 Å². The molecular weight excluding hydrogens is 342 g/mol. The number of carbonyl (C=O) groups excluding carboxylic acids is 1. The van der Waals surface area contributed by atoms with Gasteiger partial charge in [0.15, 0.2) is 0 Å². The predicted octanol–water partition coefficient (Wildman–Crippen LogP) is 2.05. The molecule has 2 heterocycles. The summed E-state index contributed by atoms with van der Waals surface area (Å²) in [7, 11) is 1.56. The van der Waals surface area contributed by atoms with Crippen LogP contribution in [0.5, 0.6) is 11.5 Å². The van der Waals surface area contributed by atoms with Crippen molar-refractivity contribution >= 4 is 18.3 Å². The van der Waals surface area contributed by atoms with Crippen molar-refractivity contribution in [3.8, 4) is 11.5 Å². The normalized spacial score (nSPS) is 23.8. The van der Waals surface area contributed by atoms with Crippen LogP contribution in [0.3, 0.4) is 0 Å². The first-order chi connectivity index (χ1) is 10.9. The Morgan fingerprint density at radius 1 is 1.50 bits per heavy atom. The number of alkyl halides is 2. The van der Waals surface area contributed by atoms with Crippen molar-refractivity contribution in [3.63, 3.8) is 0 Å². The Morgan fingerprint density at radius 2 is 2.25 bits per heavy atom. The molecule has 2 aliphatic rings. The van der Waals surface area contributed by atoms with Crippen LogP contribution >= 0.6 is 12.4 Å². The van der Waals surface area contributed by atoms with E-state index < -0.39 is 30.8 Å². The fraction of sp³-hybridized carbons (Fsp3) is 0.562. The van der Waals surface area contributed by atoms with E-state index in [0.717, 1.165) is 23.3 Å². The largest absolute Gasteiger partial charge is 0.496 e. The summed E-state index contributed by atoms with van der Waals surface area (Å²) in [4.78, 5) is 12.0. The Kier molecular flexibility index (Phi) is 5.55. The lowest BCUT2D eigenvalue weighted by Gasteiger charge is -2.14. The molecule has 2 aliphatic heterocycles. The Hall–Kier alpha value is -1.60. The van der Waals surface area contributed by atoms with E-state index in [2.05, 4.69) is 10.6 Å². The molecule has 0 aliphatic carbocycles. The average Bonchev–Trinajstić information content (AvgIpc) is 3.04. The van der Waals surface area contributed by atoms with Gasteiger partial charge >= 0.3 is 0 Å². The fourth-order valence-electron chi connectivity index (χ4n) is 3.02. The van der Waals surface area contributed by atoms with Gasteiger partial charge in [-0.05, 0) is 19.1 Å². The number of amides is 1. The van der Waals surface area contributed by atoms with Crippen molar-refractivity contribution in [3.05, 3.63) is 23.3 Å². The third-order valence-electron chi connectivity index (χ3n) is 4.18. The molecule has 1 aromatic rings. The highest BCUT2D eigenvalue weighted by molar-refractivity contribution is 5.85. The van der Waals surface area contributed by atoms with Gasteiger partial charge in [0, 0.05) is 30.5 Å². The maximum Gasteiger partial charge on any atom is 0.262 e. The molecule has 1 saturated heterocycles. The van der Waals surface area contributed by atoms with Gasteiger partial charge in [-0.15, -0.1) is 12.4 Å². The molecule has 1 fully saturated rings. The smallest absolute Gasteiger partial charge is 0.262 e. The third-order valence-corrected chi connectivity index (χ3v) is 4.18. The summed E-state index contributed by atoms with van der Waals surface area (Å²) >= 11 is 0. The minimum atomic E-state index is -2.82. The van der Waals surface area contributed by atoms with Crippen molar-refractivity contribution in [2.45, 2.75) is 44.4 Å². The second-order valence-electron chi connectivity index (χ2n) is 6.12. The van der Waals surface area contributed by atoms with Gasteiger partial charge in [-0.25, -0.2) is 8.78 Å². The number of ether oxygens (including phenoxy) is 2. The molecule has 1 amide bonds. The number of hydrogen-bond acceptors (Lipinski definition) is 4. The maximum atomic E-state index is 13.1. The van der Waals surface area contributed by atoms with E-state index >= 15 is 0 Å². The van der Waals surface area contributed by atoms with Crippen LogP contribution in [0.4, 0.5) is 8.78 Å². The molecular formula is C16H21ClF2N2O3. The van der Waals surface area contributed by atoms with E-state index in [1.807, 2.05) is 19.1 Å². The molecule has 2 N–H and O–H groups in total. The summed E-state index contributed by atoms with van der Waals surface area (Å²) in [5, 5.41) is 5.23. The van der Waals surface area contributed by atoms with Crippen LogP contribution in [0, 0.1) is 0 Å². The van der Waals surface area contributed by atoms with Gasteiger partial charge in [-0.3, -0.25) is 10.1 Å². The minimum Gasteiger partial charge on any atom is -0.496 e. The highest BCUT2D eigenvalue weighted by Gasteiger charge is 2.42. The molecule has 1 aromatic carbocycles. The number of methoxy groups -OCH3 is 1. The van der Waals surface area contributed by atoms with Crippen LogP contribution in [-0.4, -0.2) is 37.6 Å². The molecule has 2 atom stereocenters. The first-order valence-corrected chi connectivity index (χ1v) is 7.63. The molecule has 24 heavy (non-hydrogen) atoms. The van der Waals surface area contributed by atoms with Gasteiger partial charge in [0.05, 0.1) is 19.7 Å². The summed E-state index contributed by atoms with van der Waals surface area (Å²) in [6.07, 6.45) is 0.463. The van der Waals surface area contributed by atoms with Crippen LogP contribution in [0.25, 0.3) is 0 Å². The van der Waals surface area contributed by atoms with E-state index in [9.17, 15) is 13.6 Å². The Balaban J connectivity index is 0.00000208. The number of halogens is 3. The molecule has 8 heteroatoms. The van der Waals surface area contributed by atoms with Crippen molar-refractivity contribution in [1.29, 1.82) is 0 Å². The van der Waals surface area contributed by atoms with Crippen molar-refractivity contribution in [2.75, 3.05) is 13.7 Å². The fourth-order valence-corrected chi connectivity index (χ4v) is 3.02. The van der Waals surface area contributed by atoms with E-state index in [4.69, 9.17) is 9.47 Å². The molecule has 3 rings (SSSR count). The minimum absolute atomic E-state index is 0. The zero-order chi connectivity index (χ0) is 16.6. The standard InChI is InChI=1S/C16H20F2N2O3.ClH/c1-9-3-10-4-13(22-2)11(5-14(10)23-9)7-19-15(21)12-6-16(17,18)8-20-12;/h4-5,9,12,20H,3,6-8H2,1-2H3,(H,19,21);1H. The lowest BCUT2D eigenvalue weighted by atomic mass is 10.1. The van der Waals surface area contributed by atoms with Crippen LogP contribution in [0.2, 0.25) is 0 Å². The molecule has 134 valence electrons. The predicted molar refractivity (Wildman–Crippen MR) is 87.2 cm³/mol. The van der Waals surface area contributed by atoms with Crippen molar-refractivity contribution in [2.24, 2.45) is 0 Å². The van der Waals surface area contributed by atoms with E-state index in [1.54, 1.807) is 7.11 Å². The Morgan fingerprint density at radius 3 is 2.88 bits per heavy atom. The molecule has 0 saturated carbocycles. The van der Waals surface area contributed by atoms with Gasteiger partial charge in [-0.2, -0.15) is 0 Å². The monoisotopic (exact) mass is 362 g/mol. The second-order valence-corrected chi connectivity index (χ2v) is 6.12. The third kappa shape index (κ3) is 3.89. The van der Waals surface area contributed by atoms with Gasteiger partial charge in [0.1, 0.15) is 17.6 Å². The van der Waals surface area contributed by atoms with E-state index in [0.29, 0.717) is 5.75 Å². The summed E-state index contributed by atoms with van der Waals surface area (Å²) in [5.41, 5.74) is 1.83. The van der Waals surface area contributed by atoms with Crippen LogP contribution in [0.15, 0.2) is 12.1 Å². The molecule has 0 radical (unpaired) electrons. The van der Waals surface area contributed by atoms with Crippen LogP contribution in [0.1, 0.15) is 24.5 Å². The lowest BCUT2D eigenvalue weighted by Crippen LogP contribution is -2.40. The zero-order valence-electron chi connectivity index (χ0n) is 13.5. The topological polar surface area (TPSA) is 59.6 Å². The number of fused-ring (bicyclic) bond motifs is 1. The number of benzene rings is 1. The SMILES string of the molecule is COc1cc2c(cc1CNC(=O)C1CC(F)(F)CN1)OC(C)C2.Cl.